The van der Waals surface area contributed by atoms with Gasteiger partial charge in [0, 0.05) is 5.75 Å². The summed E-state index contributed by atoms with van der Waals surface area (Å²) in [5.41, 5.74) is 16.1. The van der Waals surface area contributed by atoms with Gasteiger partial charge in [0.2, 0.25) is 23.6 Å². The fourth-order valence-corrected chi connectivity index (χ4v) is 3.31. The maximum Gasteiger partial charge on any atom is 0.326 e. The van der Waals surface area contributed by atoms with Crippen LogP contribution < -0.4 is 33.2 Å². The Morgan fingerprint density at radius 2 is 1.50 bits per heavy atom. The number of thioether (sulfide) groups is 1. The van der Waals surface area contributed by atoms with Gasteiger partial charge >= 0.3 is 5.97 Å². The number of primary amides is 1. The number of carbonyl (C=O) groups is 5. The molecule has 0 spiro atoms. The minimum Gasteiger partial charge on any atom is -0.480 e. The fraction of sp³-hybridized carbons (Fsp3) is 0.722. The third-order valence-corrected chi connectivity index (χ3v) is 5.39. The number of hydrogen-bond acceptors (Lipinski definition) is 9. The van der Waals surface area contributed by atoms with Crippen LogP contribution in [0.5, 0.6) is 0 Å². The highest BCUT2D eigenvalue weighted by molar-refractivity contribution is 7.98. The first-order valence-electron chi connectivity index (χ1n) is 10.0. The summed E-state index contributed by atoms with van der Waals surface area (Å²) < 4.78 is 0. The molecule has 4 amide bonds. The van der Waals surface area contributed by atoms with Crippen LogP contribution in [0.25, 0.3) is 0 Å². The Bertz CT molecular complexity index is 653. The van der Waals surface area contributed by atoms with Crippen LogP contribution >= 0.6 is 24.4 Å². The predicted molar refractivity (Wildman–Crippen MR) is 125 cm³/mol. The van der Waals surface area contributed by atoms with Crippen molar-refractivity contribution in [3.8, 4) is 0 Å². The lowest BCUT2D eigenvalue weighted by atomic mass is 10.1. The van der Waals surface area contributed by atoms with Gasteiger partial charge in [-0.1, -0.05) is 0 Å². The molecule has 4 unspecified atom stereocenters. The van der Waals surface area contributed by atoms with Crippen molar-refractivity contribution in [2.45, 2.75) is 56.3 Å². The van der Waals surface area contributed by atoms with E-state index in [2.05, 4.69) is 28.6 Å². The molecule has 0 heterocycles. The molecule has 0 aliphatic heterocycles. The SMILES string of the molecule is CSCCC(NC(=O)C(N)CC(N)=O)C(=O)NC(CS)C(=O)NC(CCCCN)C(=O)O. The van der Waals surface area contributed by atoms with E-state index < -0.39 is 53.8 Å². The van der Waals surface area contributed by atoms with Crippen molar-refractivity contribution in [2.24, 2.45) is 17.2 Å². The summed E-state index contributed by atoms with van der Waals surface area (Å²) in [6.07, 6.45) is 2.98. The molecule has 0 saturated heterocycles. The van der Waals surface area contributed by atoms with Gasteiger partial charge in [0.1, 0.15) is 18.1 Å². The Labute approximate surface area is 196 Å². The number of carbonyl (C=O) groups excluding carboxylic acids is 4. The van der Waals surface area contributed by atoms with Crippen LogP contribution in [0.3, 0.4) is 0 Å². The van der Waals surface area contributed by atoms with Crippen LogP contribution in [0.1, 0.15) is 32.1 Å². The molecule has 12 nitrogen and oxygen atoms in total. The van der Waals surface area contributed by atoms with Crippen molar-refractivity contribution >= 4 is 54.0 Å². The van der Waals surface area contributed by atoms with Gasteiger partial charge in [0.15, 0.2) is 0 Å². The lowest BCUT2D eigenvalue weighted by Crippen LogP contribution is -2.58. The molecular weight excluding hydrogens is 460 g/mol. The minimum atomic E-state index is -1.22. The second kappa shape index (κ2) is 16.6. The molecule has 0 aromatic heterocycles. The Balaban J connectivity index is 5.14. The lowest BCUT2D eigenvalue weighted by Gasteiger charge is -2.24. The van der Waals surface area contributed by atoms with Gasteiger partial charge < -0.3 is 38.3 Å². The minimum absolute atomic E-state index is 0.100. The number of nitrogens with one attached hydrogen (secondary N) is 3. The van der Waals surface area contributed by atoms with Gasteiger partial charge in [-0.05, 0) is 44.2 Å². The topological polar surface area (TPSA) is 220 Å². The van der Waals surface area contributed by atoms with Gasteiger partial charge in [-0.3, -0.25) is 19.2 Å². The lowest BCUT2D eigenvalue weighted by molar-refractivity contribution is -0.142. The molecule has 0 saturated carbocycles. The summed E-state index contributed by atoms with van der Waals surface area (Å²) in [4.78, 5) is 59.8. The zero-order chi connectivity index (χ0) is 24.7. The number of carboxylic acid groups (broad SMARTS) is 1. The van der Waals surface area contributed by atoms with Gasteiger partial charge in [-0.2, -0.15) is 24.4 Å². The van der Waals surface area contributed by atoms with Crippen LogP contribution in [0.4, 0.5) is 0 Å². The van der Waals surface area contributed by atoms with Crippen molar-refractivity contribution in [1.82, 2.24) is 16.0 Å². The first kappa shape index (κ1) is 30.0. The molecule has 0 fully saturated rings. The summed E-state index contributed by atoms with van der Waals surface area (Å²) in [5.74, 6) is -3.66. The number of aliphatic carboxylic acids is 1. The molecule has 0 aromatic rings. The maximum atomic E-state index is 12.7. The second-order valence-electron chi connectivity index (χ2n) is 7.05. The van der Waals surface area contributed by atoms with Crippen molar-refractivity contribution < 1.29 is 29.1 Å². The Hall–Kier alpha value is -2.03. The average molecular weight is 495 g/mol. The van der Waals surface area contributed by atoms with E-state index in [1.165, 1.54) is 11.8 Å². The van der Waals surface area contributed by atoms with Gasteiger partial charge in [0.05, 0.1) is 12.5 Å². The Morgan fingerprint density at radius 3 is 2.00 bits per heavy atom. The van der Waals surface area contributed by atoms with E-state index in [1.54, 1.807) is 0 Å². The van der Waals surface area contributed by atoms with E-state index in [0.29, 0.717) is 25.1 Å². The number of amides is 4. The van der Waals surface area contributed by atoms with Crippen LogP contribution in [-0.4, -0.2) is 83.2 Å². The molecule has 0 rings (SSSR count). The predicted octanol–water partition coefficient (Wildman–Crippen LogP) is -2.46. The number of thiol groups is 1. The molecule has 0 aliphatic carbocycles. The monoisotopic (exact) mass is 494 g/mol. The highest BCUT2D eigenvalue weighted by Crippen LogP contribution is 2.05. The Kier molecular flexibility index (Phi) is 15.5. The van der Waals surface area contributed by atoms with E-state index >= 15 is 0 Å². The number of rotatable bonds is 17. The highest BCUT2D eigenvalue weighted by Gasteiger charge is 2.29. The number of nitrogens with two attached hydrogens (primary N) is 3. The summed E-state index contributed by atoms with van der Waals surface area (Å²) in [5, 5.41) is 16.6. The van der Waals surface area contributed by atoms with Crippen molar-refractivity contribution in [2.75, 3.05) is 24.3 Å². The molecule has 14 heteroatoms. The number of carboxylic acids is 1. The molecule has 4 atom stereocenters. The molecular formula is C18H34N6O6S2. The smallest absolute Gasteiger partial charge is 0.326 e. The van der Waals surface area contributed by atoms with Crippen molar-refractivity contribution in [1.29, 1.82) is 0 Å². The third-order valence-electron chi connectivity index (χ3n) is 4.38. The van der Waals surface area contributed by atoms with E-state index in [0.717, 1.165) is 0 Å². The normalized spacial score (nSPS) is 14.5. The summed E-state index contributed by atoms with van der Waals surface area (Å²) in [6.45, 7) is 0.405. The standard InChI is InChI=1S/C18H34N6O6S2/c1-32-7-5-11(22-15(26)10(20)8-14(21)25)16(27)24-13(9-31)17(28)23-12(18(29)30)4-2-3-6-19/h10-13,31H,2-9,19-20H2,1H3,(H2,21,25)(H,22,26)(H,23,28)(H,24,27)(H,29,30). The van der Waals surface area contributed by atoms with E-state index in [-0.39, 0.29) is 25.0 Å². The molecule has 184 valence electrons. The van der Waals surface area contributed by atoms with E-state index in [4.69, 9.17) is 17.2 Å². The quantitative estimate of drug-likeness (QED) is 0.0792. The van der Waals surface area contributed by atoms with Crippen molar-refractivity contribution in [3.05, 3.63) is 0 Å². The zero-order valence-electron chi connectivity index (χ0n) is 18.0. The average Bonchev–Trinajstić information content (AvgIpc) is 2.72. The van der Waals surface area contributed by atoms with Gasteiger partial charge in [-0.15, -0.1) is 0 Å². The van der Waals surface area contributed by atoms with E-state index in [1.807, 2.05) is 6.26 Å². The second-order valence-corrected chi connectivity index (χ2v) is 8.40. The van der Waals surface area contributed by atoms with Crippen LogP contribution in [-0.2, 0) is 24.0 Å². The summed E-state index contributed by atoms with van der Waals surface area (Å²) in [7, 11) is 0. The van der Waals surface area contributed by atoms with Crippen LogP contribution in [0, 0.1) is 0 Å². The molecule has 0 radical (unpaired) electrons. The highest BCUT2D eigenvalue weighted by atomic mass is 32.2. The number of hydrogen-bond donors (Lipinski definition) is 8. The maximum absolute atomic E-state index is 12.7. The first-order chi connectivity index (χ1) is 15.1. The summed E-state index contributed by atoms with van der Waals surface area (Å²) in [6, 6.07) is -4.50. The summed E-state index contributed by atoms with van der Waals surface area (Å²) >= 11 is 5.51. The molecule has 0 aliphatic rings. The first-order valence-corrected chi connectivity index (χ1v) is 12.1. The van der Waals surface area contributed by atoms with Crippen molar-refractivity contribution in [3.63, 3.8) is 0 Å². The van der Waals surface area contributed by atoms with Crippen LogP contribution in [0.2, 0.25) is 0 Å². The van der Waals surface area contributed by atoms with Crippen LogP contribution in [0.15, 0.2) is 0 Å². The fourth-order valence-electron chi connectivity index (χ4n) is 2.58. The zero-order valence-corrected chi connectivity index (χ0v) is 19.8. The molecule has 10 N–H and O–H groups in total. The largest absolute Gasteiger partial charge is 0.480 e. The van der Waals surface area contributed by atoms with Gasteiger partial charge in [-0.25, -0.2) is 4.79 Å². The molecule has 32 heavy (non-hydrogen) atoms. The van der Waals surface area contributed by atoms with E-state index in [9.17, 15) is 29.1 Å². The third kappa shape index (κ3) is 12.1. The molecule has 0 bridgehead atoms. The molecule has 0 aromatic carbocycles. The van der Waals surface area contributed by atoms with Gasteiger partial charge in [0.25, 0.3) is 0 Å². The number of unbranched alkanes of at least 4 members (excludes halogenated alkanes) is 1. The Morgan fingerprint density at radius 1 is 0.938 bits per heavy atom.